The van der Waals surface area contributed by atoms with Crippen molar-refractivity contribution >= 4 is 33.8 Å². The molecule has 0 bridgehead atoms. The zero-order chi connectivity index (χ0) is 30.5. The predicted octanol–water partition coefficient (Wildman–Crippen LogP) is 3.62. The molecule has 12 heteroatoms. The van der Waals surface area contributed by atoms with Gasteiger partial charge in [-0.2, -0.15) is 0 Å². The van der Waals surface area contributed by atoms with Gasteiger partial charge in [0.2, 0.25) is 0 Å². The van der Waals surface area contributed by atoms with E-state index >= 15 is 0 Å². The number of likely N-dealkylation sites (tertiary alicyclic amines) is 1. The van der Waals surface area contributed by atoms with E-state index in [1.807, 2.05) is 18.4 Å². The highest BCUT2D eigenvalue weighted by Crippen LogP contribution is 2.44. The van der Waals surface area contributed by atoms with Gasteiger partial charge in [-0.15, -0.1) is 0 Å². The maximum Gasteiger partial charge on any atom is 0.252 e. The van der Waals surface area contributed by atoms with Crippen LogP contribution in [0.2, 0.25) is 0 Å². The SMILES string of the molecule is CC1(C)O[C@@H]2[C@H](O1)[C@@H](C(=O)NC1CC1)O[C@H]2n1cnc2c(NCCc3cn(CCN4CCCCC4)c4ccccc34)ncnc21. The first kappa shape index (κ1) is 28.9. The van der Waals surface area contributed by atoms with E-state index < -0.39 is 30.3 Å². The van der Waals surface area contributed by atoms with Crippen molar-refractivity contribution in [1.29, 1.82) is 0 Å². The molecule has 1 aliphatic carbocycles. The number of imidazole rings is 1. The van der Waals surface area contributed by atoms with Crippen molar-refractivity contribution in [2.24, 2.45) is 0 Å². The summed E-state index contributed by atoms with van der Waals surface area (Å²) < 4.78 is 23.0. The molecule has 6 heterocycles. The third kappa shape index (κ3) is 5.69. The molecule has 3 saturated heterocycles. The highest BCUT2D eigenvalue weighted by Gasteiger charge is 2.58. The van der Waals surface area contributed by atoms with Crippen LogP contribution in [-0.4, -0.2) is 91.2 Å². The van der Waals surface area contributed by atoms with Gasteiger partial charge in [0.15, 0.2) is 35.1 Å². The van der Waals surface area contributed by atoms with Crippen molar-refractivity contribution in [3.05, 3.63) is 48.7 Å². The zero-order valence-corrected chi connectivity index (χ0v) is 26.0. The molecule has 4 atom stereocenters. The van der Waals surface area contributed by atoms with Gasteiger partial charge in [-0.05, 0) is 70.7 Å². The topological polar surface area (TPSA) is 121 Å². The monoisotopic (exact) mass is 614 g/mol. The van der Waals surface area contributed by atoms with Crippen LogP contribution in [0.4, 0.5) is 5.82 Å². The maximum absolute atomic E-state index is 13.1. The van der Waals surface area contributed by atoms with Crippen LogP contribution < -0.4 is 10.6 Å². The summed E-state index contributed by atoms with van der Waals surface area (Å²) in [4.78, 5) is 29.4. The molecule has 45 heavy (non-hydrogen) atoms. The smallest absolute Gasteiger partial charge is 0.252 e. The number of para-hydroxylation sites is 1. The normalized spacial score (nSPS) is 26.4. The first-order chi connectivity index (χ1) is 21.9. The summed E-state index contributed by atoms with van der Waals surface area (Å²) >= 11 is 0. The summed E-state index contributed by atoms with van der Waals surface area (Å²) in [5.74, 6) is -0.329. The minimum Gasteiger partial charge on any atom is -0.368 e. The lowest BCUT2D eigenvalue weighted by Gasteiger charge is -2.26. The quantitative estimate of drug-likeness (QED) is 0.276. The van der Waals surface area contributed by atoms with Crippen molar-refractivity contribution in [3.63, 3.8) is 0 Å². The Morgan fingerprint density at radius 1 is 1.02 bits per heavy atom. The number of rotatable bonds is 10. The highest BCUT2D eigenvalue weighted by molar-refractivity contribution is 5.85. The Morgan fingerprint density at radius 2 is 1.84 bits per heavy atom. The van der Waals surface area contributed by atoms with Gasteiger partial charge in [0, 0.05) is 42.8 Å². The van der Waals surface area contributed by atoms with E-state index in [0.29, 0.717) is 23.5 Å². The molecule has 4 fully saturated rings. The van der Waals surface area contributed by atoms with Crippen molar-refractivity contribution in [1.82, 2.24) is 34.3 Å². The van der Waals surface area contributed by atoms with E-state index in [1.54, 1.807) is 6.33 Å². The van der Waals surface area contributed by atoms with Crippen molar-refractivity contribution in [2.75, 3.05) is 31.5 Å². The molecule has 1 saturated carbocycles. The lowest BCUT2D eigenvalue weighted by atomic mass is 10.1. The second-order valence-corrected chi connectivity index (χ2v) is 13.3. The standard InChI is InChI=1S/C33H42N8O4/c1-33(2)44-26-27(31(42)38-22-10-11-22)43-32(28(26)45-33)41-20-37-25-29(35-19-36-30(25)41)34-13-12-21-18-40(24-9-5-4-8-23(21)24)17-16-39-14-6-3-7-15-39/h4-5,8-9,18-20,22,26-28,32H,3,6-7,10-17H2,1-2H3,(H,38,42)(H,34,35,36)/t26-,27+,28-,32-/m1/s1. The Balaban J connectivity index is 0.979. The number of aromatic nitrogens is 5. The number of hydrogen-bond acceptors (Lipinski definition) is 9. The van der Waals surface area contributed by atoms with E-state index in [-0.39, 0.29) is 11.9 Å². The number of nitrogens with zero attached hydrogens (tertiary/aromatic N) is 6. The number of benzene rings is 1. The van der Waals surface area contributed by atoms with Gasteiger partial charge >= 0.3 is 0 Å². The average Bonchev–Trinajstić information content (AvgIpc) is 3.34. The second-order valence-electron chi connectivity index (χ2n) is 13.3. The van der Waals surface area contributed by atoms with Gasteiger partial charge in [-0.3, -0.25) is 9.36 Å². The van der Waals surface area contributed by atoms with E-state index in [0.717, 1.165) is 32.4 Å². The molecule has 1 amide bonds. The van der Waals surface area contributed by atoms with Gasteiger partial charge in [0.25, 0.3) is 5.91 Å². The van der Waals surface area contributed by atoms with Gasteiger partial charge in [-0.1, -0.05) is 24.6 Å². The van der Waals surface area contributed by atoms with Crippen molar-refractivity contribution < 1.29 is 19.0 Å². The first-order valence-electron chi connectivity index (χ1n) is 16.5. The van der Waals surface area contributed by atoms with Crippen LogP contribution in [0.1, 0.15) is 57.7 Å². The van der Waals surface area contributed by atoms with Crippen molar-refractivity contribution in [3.8, 4) is 0 Å². The van der Waals surface area contributed by atoms with Crippen LogP contribution in [0.3, 0.4) is 0 Å². The molecule has 0 spiro atoms. The molecule has 2 N–H and O–H groups in total. The van der Waals surface area contributed by atoms with Crippen LogP contribution in [0.15, 0.2) is 43.1 Å². The fraction of sp³-hybridized carbons (Fsp3) is 0.576. The summed E-state index contributed by atoms with van der Waals surface area (Å²) in [6, 6.07) is 8.90. The minimum absolute atomic E-state index is 0.162. The Morgan fingerprint density at radius 3 is 2.69 bits per heavy atom. The molecule has 0 unspecified atom stereocenters. The molecule has 238 valence electrons. The lowest BCUT2D eigenvalue weighted by molar-refractivity contribution is -0.197. The number of piperidine rings is 1. The fourth-order valence-corrected chi connectivity index (χ4v) is 7.15. The summed E-state index contributed by atoms with van der Waals surface area (Å²) in [6.45, 7) is 8.92. The van der Waals surface area contributed by atoms with Crippen molar-refractivity contribution in [2.45, 2.75) is 95.3 Å². The Bertz CT molecular complexity index is 1690. The summed E-state index contributed by atoms with van der Waals surface area (Å²) in [5.41, 5.74) is 3.86. The molecular weight excluding hydrogens is 572 g/mol. The third-order valence-corrected chi connectivity index (χ3v) is 9.51. The largest absolute Gasteiger partial charge is 0.368 e. The van der Waals surface area contributed by atoms with E-state index in [2.05, 4.69) is 65.5 Å². The fourth-order valence-electron chi connectivity index (χ4n) is 7.15. The first-order valence-corrected chi connectivity index (χ1v) is 16.5. The van der Waals surface area contributed by atoms with Crippen LogP contribution in [0, 0.1) is 0 Å². The third-order valence-electron chi connectivity index (χ3n) is 9.51. The molecule has 3 aromatic heterocycles. The number of carbonyl (C=O) groups is 1. The van der Waals surface area contributed by atoms with Gasteiger partial charge in [0.1, 0.15) is 18.5 Å². The number of carbonyl (C=O) groups excluding carboxylic acids is 1. The van der Waals surface area contributed by atoms with Gasteiger partial charge < -0.3 is 34.3 Å². The van der Waals surface area contributed by atoms with Crippen LogP contribution in [0.5, 0.6) is 0 Å². The zero-order valence-electron chi connectivity index (χ0n) is 26.0. The molecule has 4 aliphatic rings. The van der Waals surface area contributed by atoms with Crippen LogP contribution in [0.25, 0.3) is 22.1 Å². The number of ether oxygens (including phenoxy) is 3. The predicted molar refractivity (Wildman–Crippen MR) is 169 cm³/mol. The molecule has 1 aromatic carbocycles. The molecule has 12 nitrogen and oxygen atoms in total. The number of hydrogen-bond donors (Lipinski definition) is 2. The molecular formula is C33H42N8O4. The number of amides is 1. The Labute approximate surface area is 262 Å². The number of anilines is 1. The van der Waals surface area contributed by atoms with E-state index in [4.69, 9.17) is 14.2 Å². The maximum atomic E-state index is 13.1. The molecule has 3 aliphatic heterocycles. The molecule has 4 aromatic rings. The summed E-state index contributed by atoms with van der Waals surface area (Å²) in [6.07, 6.45) is 9.97. The number of fused-ring (bicyclic) bond motifs is 3. The summed E-state index contributed by atoms with van der Waals surface area (Å²) in [7, 11) is 0. The highest BCUT2D eigenvalue weighted by atomic mass is 16.8. The second kappa shape index (κ2) is 11.7. The van der Waals surface area contributed by atoms with Crippen LogP contribution >= 0.6 is 0 Å². The van der Waals surface area contributed by atoms with E-state index in [9.17, 15) is 4.79 Å². The Hall–Kier alpha value is -3.58. The van der Waals surface area contributed by atoms with Gasteiger partial charge in [-0.25, -0.2) is 15.0 Å². The molecule has 8 rings (SSSR count). The Kier molecular flexibility index (Phi) is 7.47. The van der Waals surface area contributed by atoms with Crippen LogP contribution in [-0.2, 0) is 32.0 Å². The average molecular weight is 615 g/mol. The number of nitrogens with one attached hydrogen (secondary N) is 2. The van der Waals surface area contributed by atoms with E-state index in [1.165, 1.54) is 55.1 Å². The lowest BCUT2D eigenvalue weighted by Crippen LogP contribution is -2.43. The summed E-state index contributed by atoms with van der Waals surface area (Å²) in [5, 5.41) is 7.86. The minimum atomic E-state index is -0.829. The molecule has 0 radical (unpaired) electrons. The van der Waals surface area contributed by atoms with Gasteiger partial charge in [0.05, 0.1) is 6.33 Å².